The van der Waals surface area contributed by atoms with Crippen LogP contribution in [0.1, 0.15) is 28.8 Å². The molecule has 1 aliphatic heterocycles. The van der Waals surface area contributed by atoms with Crippen molar-refractivity contribution in [2.24, 2.45) is 0 Å². The molecule has 8 heteroatoms. The number of rotatable bonds is 3. The number of anilines is 1. The Balaban J connectivity index is 2.30. The Morgan fingerprint density at radius 3 is 2.57 bits per heavy atom. The Hall–Kier alpha value is -2.09. The van der Waals surface area contributed by atoms with E-state index in [1.165, 1.54) is 0 Å². The summed E-state index contributed by atoms with van der Waals surface area (Å²) in [7, 11) is 0. The summed E-state index contributed by atoms with van der Waals surface area (Å²) >= 11 is 0. The van der Waals surface area contributed by atoms with Crippen LogP contribution in [0.2, 0.25) is 0 Å². The van der Waals surface area contributed by atoms with Gasteiger partial charge in [-0.25, -0.2) is 4.79 Å². The molecule has 3 N–H and O–H groups in total. The Kier molecular flexibility index (Phi) is 4.17. The van der Waals surface area contributed by atoms with Crippen LogP contribution in [0, 0.1) is 0 Å². The lowest BCUT2D eigenvalue weighted by atomic mass is 10.1. The number of benzene rings is 1. The summed E-state index contributed by atoms with van der Waals surface area (Å²) in [5.74, 6) is -1.94. The van der Waals surface area contributed by atoms with Gasteiger partial charge in [0.15, 0.2) is 0 Å². The number of amides is 1. The lowest BCUT2D eigenvalue weighted by Crippen LogP contribution is -2.36. The van der Waals surface area contributed by atoms with Gasteiger partial charge in [0.2, 0.25) is 5.91 Å². The third-order valence-electron chi connectivity index (χ3n) is 3.21. The van der Waals surface area contributed by atoms with Crippen LogP contribution in [-0.2, 0) is 11.0 Å². The van der Waals surface area contributed by atoms with Crippen molar-refractivity contribution >= 4 is 17.6 Å². The molecule has 0 aliphatic carbocycles. The molecule has 114 valence electrons. The van der Waals surface area contributed by atoms with Crippen LogP contribution < -0.4 is 10.6 Å². The zero-order chi connectivity index (χ0) is 15.6. The van der Waals surface area contributed by atoms with E-state index in [2.05, 4.69) is 10.6 Å². The monoisotopic (exact) mass is 302 g/mol. The van der Waals surface area contributed by atoms with Crippen LogP contribution >= 0.6 is 0 Å². The van der Waals surface area contributed by atoms with Crippen molar-refractivity contribution in [1.82, 2.24) is 5.32 Å². The smallest absolute Gasteiger partial charge is 0.416 e. The Morgan fingerprint density at radius 2 is 2.05 bits per heavy atom. The van der Waals surface area contributed by atoms with Gasteiger partial charge < -0.3 is 15.7 Å². The number of carbonyl (C=O) groups excluding carboxylic acids is 1. The molecule has 1 amide bonds. The van der Waals surface area contributed by atoms with E-state index < -0.39 is 29.7 Å². The van der Waals surface area contributed by atoms with Gasteiger partial charge in [-0.2, -0.15) is 13.2 Å². The molecule has 1 aliphatic rings. The van der Waals surface area contributed by atoms with Gasteiger partial charge in [-0.05, 0) is 37.6 Å². The highest BCUT2D eigenvalue weighted by atomic mass is 19.4. The minimum Gasteiger partial charge on any atom is -0.478 e. The second kappa shape index (κ2) is 5.72. The highest BCUT2D eigenvalue weighted by Crippen LogP contribution is 2.32. The van der Waals surface area contributed by atoms with Gasteiger partial charge >= 0.3 is 12.1 Å². The number of aromatic carboxylic acids is 1. The molecule has 0 aromatic heterocycles. The van der Waals surface area contributed by atoms with Gasteiger partial charge in [0, 0.05) is 0 Å². The number of carboxylic acids is 1. The fourth-order valence-electron chi connectivity index (χ4n) is 2.14. The molecule has 21 heavy (non-hydrogen) atoms. The van der Waals surface area contributed by atoms with Crippen LogP contribution in [0.25, 0.3) is 0 Å². The van der Waals surface area contributed by atoms with Crippen LogP contribution in [0.4, 0.5) is 18.9 Å². The minimum absolute atomic E-state index is 0.351. The van der Waals surface area contributed by atoms with Crippen LogP contribution in [0.3, 0.4) is 0 Å². The largest absolute Gasteiger partial charge is 0.478 e. The molecule has 0 unspecified atom stereocenters. The maximum Gasteiger partial charge on any atom is 0.416 e. The zero-order valence-corrected chi connectivity index (χ0v) is 10.8. The van der Waals surface area contributed by atoms with Gasteiger partial charge in [0.25, 0.3) is 0 Å². The Labute approximate surface area is 118 Å². The van der Waals surface area contributed by atoms with Crippen molar-refractivity contribution in [2.45, 2.75) is 25.1 Å². The topological polar surface area (TPSA) is 78.4 Å². The molecule has 1 heterocycles. The summed E-state index contributed by atoms with van der Waals surface area (Å²) in [5, 5.41) is 14.1. The van der Waals surface area contributed by atoms with Gasteiger partial charge in [-0.15, -0.1) is 0 Å². The summed E-state index contributed by atoms with van der Waals surface area (Å²) in [6.45, 7) is 0.645. The molecule has 2 rings (SSSR count). The number of hydrogen-bond acceptors (Lipinski definition) is 3. The van der Waals surface area contributed by atoms with E-state index in [9.17, 15) is 22.8 Å². The van der Waals surface area contributed by atoms with Crippen molar-refractivity contribution in [3.05, 3.63) is 29.3 Å². The van der Waals surface area contributed by atoms with Gasteiger partial charge in [-0.1, -0.05) is 0 Å². The molecule has 1 aromatic carbocycles. The van der Waals surface area contributed by atoms with Crippen molar-refractivity contribution in [2.75, 3.05) is 11.9 Å². The molecule has 5 nitrogen and oxygen atoms in total. The van der Waals surface area contributed by atoms with Gasteiger partial charge in [0.1, 0.15) is 0 Å². The molecule has 0 radical (unpaired) electrons. The lowest BCUT2D eigenvalue weighted by molar-refractivity contribution is -0.137. The van der Waals surface area contributed by atoms with E-state index in [4.69, 9.17) is 5.11 Å². The van der Waals surface area contributed by atoms with Crippen LogP contribution in [0.15, 0.2) is 18.2 Å². The van der Waals surface area contributed by atoms with E-state index in [1.54, 1.807) is 0 Å². The summed E-state index contributed by atoms with van der Waals surface area (Å²) < 4.78 is 38.0. The number of hydrogen-bond donors (Lipinski definition) is 3. The molecular weight excluding hydrogens is 289 g/mol. The number of alkyl halides is 3. The maximum absolute atomic E-state index is 12.7. The average Bonchev–Trinajstić information content (AvgIpc) is 2.91. The van der Waals surface area contributed by atoms with Gasteiger partial charge in [-0.3, -0.25) is 4.79 Å². The van der Waals surface area contributed by atoms with E-state index >= 15 is 0 Å². The highest BCUT2D eigenvalue weighted by Gasteiger charge is 2.32. The maximum atomic E-state index is 12.7. The number of halogens is 3. The second-order valence-electron chi connectivity index (χ2n) is 4.70. The summed E-state index contributed by atoms with van der Waals surface area (Å²) in [6, 6.07) is 1.63. The van der Waals surface area contributed by atoms with Crippen molar-refractivity contribution < 1.29 is 27.9 Å². The fourth-order valence-corrected chi connectivity index (χ4v) is 2.14. The quantitative estimate of drug-likeness (QED) is 0.799. The minimum atomic E-state index is -4.61. The first kappa shape index (κ1) is 15.3. The average molecular weight is 302 g/mol. The predicted molar refractivity (Wildman–Crippen MR) is 68.1 cm³/mol. The second-order valence-corrected chi connectivity index (χ2v) is 4.70. The summed E-state index contributed by atoms with van der Waals surface area (Å²) in [4.78, 5) is 22.9. The SMILES string of the molecule is O=C(O)c1ccc(C(F)(F)F)cc1NC(=O)[C@@H]1CCCN1. The van der Waals surface area contributed by atoms with Gasteiger partial charge in [0.05, 0.1) is 22.9 Å². The van der Waals surface area contributed by atoms with E-state index in [1.807, 2.05) is 0 Å². The van der Waals surface area contributed by atoms with Crippen molar-refractivity contribution in [1.29, 1.82) is 0 Å². The molecule has 0 bridgehead atoms. The highest BCUT2D eigenvalue weighted by molar-refractivity contribution is 6.02. The predicted octanol–water partition coefficient (Wildman–Crippen LogP) is 2.09. The van der Waals surface area contributed by atoms with Crippen molar-refractivity contribution in [3.63, 3.8) is 0 Å². The third kappa shape index (κ3) is 3.52. The first-order valence-electron chi connectivity index (χ1n) is 6.28. The summed E-state index contributed by atoms with van der Waals surface area (Å²) in [5.41, 5.74) is -1.74. The van der Waals surface area contributed by atoms with E-state index in [0.717, 1.165) is 12.5 Å². The first-order chi connectivity index (χ1) is 9.79. The van der Waals surface area contributed by atoms with Crippen molar-refractivity contribution in [3.8, 4) is 0 Å². The molecule has 1 atom stereocenters. The molecule has 1 saturated heterocycles. The van der Waals surface area contributed by atoms with E-state index in [0.29, 0.717) is 25.1 Å². The standard InChI is InChI=1S/C13H13F3N2O3/c14-13(15,16)7-3-4-8(12(20)21)10(6-7)18-11(19)9-2-1-5-17-9/h3-4,6,9,17H,1-2,5H2,(H,18,19)(H,20,21)/t9-/m0/s1. The molecule has 0 spiro atoms. The lowest BCUT2D eigenvalue weighted by Gasteiger charge is -2.15. The summed E-state index contributed by atoms with van der Waals surface area (Å²) in [6.07, 6.45) is -3.26. The molecular formula is C13H13F3N2O3. The first-order valence-corrected chi connectivity index (χ1v) is 6.28. The number of carbonyl (C=O) groups is 2. The molecule has 1 aromatic rings. The zero-order valence-electron chi connectivity index (χ0n) is 10.8. The number of nitrogens with one attached hydrogen (secondary N) is 2. The molecule has 1 fully saturated rings. The normalized spacial score (nSPS) is 18.5. The van der Waals surface area contributed by atoms with Crippen LogP contribution in [-0.4, -0.2) is 29.6 Å². The Bertz CT molecular complexity index is 566. The van der Waals surface area contributed by atoms with E-state index in [-0.39, 0.29) is 11.3 Å². The Morgan fingerprint density at radius 1 is 1.33 bits per heavy atom. The van der Waals surface area contributed by atoms with Crippen LogP contribution in [0.5, 0.6) is 0 Å². The fraction of sp³-hybridized carbons (Fsp3) is 0.385. The number of carboxylic acid groups (broad SMARTS) is 1. The third-order valence-corrected chi connectivity index (χ3v) is 3.21. The molecule has 0 saturated carbocycles.